The molecule has 0 atom stereocenters. The zero-order chi connectivity index (χ0) is 22.4. The van der Waals surface area contributed by atoms with E-state index in [9.17, 15) is 9.90 Å². The van der Waals surface area contributed by atoms with Gasteiger partial charge in [0.1, 0.15) is 5.56 Å². The summed E-state index contributed by atoms with van der Waals surface area (Å²) in [4.78, 5) is 28.3. The van der Waals surface area contributed by atoms with Crippen molar-refractivity contribution in [3.8, 4) is 11.1 Å². The van der Waals surface area contributed by atoms with Crippen molar-refractivity contribution in [2.45, 2.75) is 0 Å². The Morgan fingerprint density at radius 1 is 0.697 bits per heavy atom. The van der Waals surface area contributed by atoms with Crippen LogP contribution in [-0.2, 0) is 0 Å². The molecule has 33 heavy (non-hydrogen) atoms. The molecule has 0 radical (unpaired) electrons. The van der Waals surface area contributed by atoms with Crippen molar-refractivity contribution in [2.24, 2.45) is 0 Å². The molecule has 2 aliphatic heterocycles. The fourth-order valence-corrected chi connectivity index (χ4v) is 4.20. The number of carboxylic acid groups (broad SMARTS) is 1. The van der Waals surface area contributed by atoms with Gasteiger partial charge in [-0.25, -0.2) is 14.8 Å². The van der Waals surface area contributed by atoms with Gasteiger partial charge in [-0.1, -0.05) is 30.3 Å². The van der Waals surface area contributed by atoms with Crippen molar-refractivity contribution < 1.29 is 9.90 Å². The molecule has 0 unspecified atom stereocenters. The van der Waals surface area contributed by atoms with Crippen LogP contribution in [0.25, 0.3) is 57.5 Å². The number of carbonyl (C=O) groups is 1. The first-order valence-electron chi connectivity index (χ1n) is 10.5. The Morgan fingerprint density at radius 2 is 1.36 bits per heavy atom. The van der Waals surface area contributed by atoms with E-state index in [2.05, 4.69) is 15.0 Å². The van der Waals surface area contributed by atoms with Crippen molar-refractivity contribution in [1.29, 1.82) is 0 Å². The fraction of sp³-hybridized carbons (Fsp3) is 0. The van der Waals surface area contributed by atoms with Crippen molar-refractivity contribution in [1.82, 2.24) is 19.9 Å². The van der Waals surface area contributed by atoms with E-state index in [0.717, 1.165) is 33.2 Å². The minimum atomic E-state index is -1.06. The molecule has 0 saturated heterocycles. The number of nitrogens with zero attached hydrogens (tertiary/aromatic N) is 2. The van der Waals surface area contributed by atoms with Gasteiger partial charge in [0.05, 0.1) is 22.8 Å². The lowest BCUT2D eigenvalue weighted by Crippen LogP contribution is -2.02. The number of aromatic carboxylic acids is 1. The van der Waals surface area contributed by atoms with Gasteiger partial charge in [0.2, 0.25) is 0 Å². The molecule has 0 amide bonds. The third kappa shape index (κ3) is 3.43. The average molecular weight is 430 g/mol. The van der Waals surface area contributed by atoms with E-state index in [0.29, 0.717) is 22.8 Å². The second-order valence-corrected chi connectivity index (χ2v) is 7.88. The quantitative estimate of drug-likeness (QED) is 0.313. The molecule has 158 valence electrons. The second kappa shape index (κ2) is 7.46. The molecule has 0 saturated carbocycles. The molecule has 0 spiro atoms. The minimum Gasteiger partial charge on any atom is -0.478 e. The van der Waals surface area contributed by atoms with Gasteiger partial charge in [-0.3, -0.25) is 0 Å². The van der Waals surface area contributed by atoms with E-state index in [1.54, 1.807) is 12.2 Å². The predicted molar refractivity (Wildman–Crippen MR) is 131 cm³/mol. The molecule has 6 nitrogen and oxygen atoms in total. The second-order valence-electron chi connectivity index (χ2n) is 7.88. The Balaban J connectivity index is 1.78. The molecule has 3 aromatic heterocycles. The number of fused-ring (bicyclic) bond motifs is 8. The van der Waals surface area contributed by atoms with Crippen LogP contribution in [0.5, 0.6) is 0 Å². The van der Waals surface area contributed by atoms with Crippen LogP contribution in [0, 0.1) is 0 Å². The van der Waals surface area contributed by atoms with Crippen LogP contribution in [0.2, 0.25) is 0 Å². The van der Waals surface area contributed by atoms with Gasteiger partial charge >= 0.3 is 5.97 Å². The van der Waals surface area contributed by atoms with E-state index >= 15 is 0 Å². The van der Waals surface area contributed by atoms with Crippen LogP contribution in [0.15, 0.2) is 66.7 Å². The van der Waals surface area contributed by atoms with Crippen molar-refractivity contribution in [2.75, 3.05) is 0 Å². The zero-order valence-corrected chi connectivity index (χ0v) is 17.4. The lowest BCUT2D eigenvalue weighted by molar-refractivity contribution is 0.0696. The Hall–Kier alpha value is -4.71. The maximum atomic E-state index is 12.2. The number of aromatic nitrogens is 4. The van der Waals surface area contributed by atoms with Gasteiger partial charge in [0, 0.05) is 27.6 Å². The molecule has 0 aliphatic carbocycles. The van der Waals surface area contributed by atoms with Crippen LogP contribution in [0.4, 0.5) is 0 Å². The normalized spacial score (nSPS) is 12.2. The molecule has 2 aliphatic rings. The molecule has 6 rings (SSSR count). The number of benzene rings is 1. The van der Waals surface area contributed by atoms with Crippen LogP contribution in [-0.4, -0.2) is 31.0 Å². The zero-order valence-electron chi connectivity index (χ0n) is 17.4. The molecular formula is C27H18N4O2. The Labute approximate surface area is 188 Å². The van der Waals surface area contributed by atoms with E-state index in [1.165, 1.54) is 0 Å². The topological polar surface area (TPSA) is 94.7 Å². The Morgan fingerprint density at radius 3 is 2.18 bits per heavy atom. The highest BCUT2D eigenvalue weighted by Gasteiger charge is 2.19. The number of hydrogen-bond donors (Lipinski definition) is 3. The van der Waals surface area contributed by atoms with Gasteiger partial charge in [0.15, 0.2) is 0 Å². The maximum Gasteiger partial charge on any atom is 0.340 e. The summed E-state index contributed by atoms with van der Waals surface area (Å²) in [5.41, 5.74) is 7.75. The number of carboxylic acids is 1. The molecule has 3 N–H and O–H groups in total. The van der Waals surface area contributed by atoms with Crippen LogP contribution in [0.1, 0.15) is 33.1 Å². The summed E-state index contributed by atoms with van der Waals surface area (Å²) in [6, 6.07) is 21.9. The molecule has 4 aromatic rings. The van der Waals surface area contributed by atoms with Gasteiger partial charge in [-0.2, -0.15) is 0 Å². The summed E-state index contributed by atoms with van der Waals surface area (Å²) in [6.07, 6.45) is 7.12. The van der Waals surface area contributed by atoms with Gasteiger partial charge in [-0.05, 0) is 66.3 Å². The van der Waals surface area contributed by atoms with Gasteiger partial charge in [-0.15, -0.1) is 0 Å². The largest absolute Gasteiger partial charge is 0.478 e. The number of hydrogen-bond acceptors (Lipinski definition) is 3. The molecule has 1 aromatic carbocycles. The molecule has 6 heteroatoms. The first kappa shape index (κ1) is 19.0. The highest BCUT2D eigenvalue weighted by atomic mass is 16.4. The summed E-state index contributed by atoms with van der Waals surface area (Å²) >= 11 is 0. The summed E-state index contributed by atoms with van der Waals surface area (Å²) in [6.45, 7) is 0. The first-order valence-corrected chi connectivity index (χ1v) is 10.5. The highest BCUT2D eigenvalue weighted by molar-refractivity contribution is 5.99. The number of rotatable bonds is 2. The number of aromatic amines is 2. The summed E-state index contributed by atoms with van der Waals surface area (Å²) in [5.74, 6) is -1.06. The number of H-pyrrole nitrogens is 2. The standard InChI is InChI=1S/C27H18N4O2/c32-27(33)26-23-11-9-20(30-23)15-18-7-6-17(28-18)14-19-8-10-21(29-19)25(16-4-2-1-3-5-16)22-12-13-24(26)31-22/h1-15,28-29H,(H,32,33). The number of nitrogens with one attached hydrogen (secondary N) is 2. The van der Waals surface area contributed by atoms with E-state index in [-0.39, 0.29) is 5.56 Å². The third-order valence-corrected chi connectivity index (χ3v) is 5.67. The molecule has 5 heterocycles. The summed E-state index contributed by atoms with van der Waals surface area (Å²) in [5, 5.41) is 9.99. The minimum absolute atomic E-state index is 0.0769. The van der Waals surface area contributed by atoms with Crippen molar-refractivity contribution in [3.05, 3.63) is 95.1 Å². The fourth-order valence-electron chi connectivity index (χ4n) is 4.20. The van der Waals surface area contributed by atoms with Crippen molar-refractivity contribution in [3.63, 3.8) is 0 Å². The molecule has 0 fully saturated rings. The van der Waals surface area contributed by atoms with Crippen LogP contribution >= 0.6 is 0 Å². The highest BCUT2D eigenvalue weighted by Crippen LogP contribution is 2.31. The average Bonchev–Trinajstić information content (AvgIpc) is 3.60. The summed E-state index contributed by atoms with van der Waals surface area (Å²) < 4.78 is 0. The molecular weight excluding hydrogens is 412 g/mol. The van der Waals surface area contributed by atoms with Crippen LogP contribution < -0.4 is 0 Å². The van der Waals surface area contributed by atoms with E-state index in [1.807, 2.05) is 78.9 Å². The van der Waals surface area contributed by atoms with Crippen molar-refractivity contribution >= 4 is 52.3 Å². The lowest BCUT2D eigenvalue weighted by atomic mass is 10.0. The van der Waals surface area contributed by atoms with Gasteiger partial charge in [0.25, 0.3) is 0 Å². The maximum absolute atomic E-state index is 12.2. The molecule has 8 bridgehead atoms. The Bertz CT molecular complexity index is 1640. The summed E-state index contributed by atoms with van der Waals surface area (Å²) in [7, 11) is 0. The van der Waals surface area contributed by atoms with Gasteiger partial charge < -0.3 is 15.1 Å². The Kier molecular flexibility index (Phi) is 4.30. The SMILES string of the molecule is O=C(O)c1c2nc(cc3ccc(cc4ccc([nH]4)c(-c4ccccc4)c4nc1C=C4)[nH]3)C=C2. The monoisotopic (exact) mass is 430 g/mol. The smallest absolute Gasteiger partial charge is 0.340 e. The van der Waals surface area contributed by atoms with E-state index < -0.39 is 5.97 Å². The predicted octanol–water partition coefficient (Wildman–Crippen LogP) is 6.02. The van der Waals surface area contributed by atoms with E-state index in [4.69, 9.17) is 4.98 Å². The van der Waals surface area contributed by atoms with Crippen LogP contribution in [0.3, 0.4) is 0 Å². The third-order valence-electron chi connectivity index (χ3n) is 5.67. The first-order chi connectivity index (χ1) is 16.1. The lowest BCUT2D eigenvalue weighted by Gasteiger charge is -2.03.